The molecule has 0 aliphatic rings. The second kappa shape index (κ2) is 10.3. The van der Waals surface area contributed by atoms with E-state index in [1.807, 2.05) is 11.9 Å². The molecule has 33 heavy (non-hydrogen) atoms. The molecule has 172 valence electrons. The van der Waals surface area contributed by atoms with E-state index in [1.54, 1.807) is 30.5 Å². The molecule has 1 aromatic carbocycles. The third-order valence-corrected chi connectivity index (χ3v) is 4.83. The lowest BCUT2D eigenvalue weighted by Gasteiger charge is -2.19. The fourth-order valence-electron chi connectivity index (χ4n) is 3.13. The van der Waals surface area contributed by atoms with Crippen LogP contribution in [0.25, 0.3) is 11.2 Å². The largest absolute Gasteiger partial charge is 0.467 e. The highest BCUT2D eigenvalue weighted by atomic mass is 16.5. The standard InChI is InChI=1S/C21H24N8O4/c1-29(11-13-10-24-18-16(25-13)17(22)27-21(23)28-18)14-7-5-12(6-8-14)19(31)26-15(4-3-9-30)20(32)33-2/h5-10,15H,3-4,11H2,1-2H3,(H,26,31)(H4,22,23,24,27,28). The molecule has 1 unspecified atom stereocenters. The van der Waals surface area contributed by atoms with Gasteiger partial charge in [0.05, 0.1) is 25.5 Å². The summed E-state index contributed by atoms with van der Waals surface area (Å²) in [4.78, 5) is 53.5. The average Bonchev–Trinajstić information content (AvgIpc) is 2.81. The minimum Gasteiger partial charge on any atom is -0.467 e. The number of rotatable bonds is 9. The Morgan fingerprint density at radius 3 is 2.58 bits per heavy atom. The monoisotopic (exact) mass is 452 g/mol. The molecule has 0 radical (unpaired) electrons. The van der Waals surface area contributed by atoms with Gasteiger partial charge in [-0.25, -0.2) is 14.8 Å². The molecule has 2 aromatic heterocycles. The molecular formula is C21H24N8O4. The zero-order valence-corrected chi connectivity index (χ0v) is 18.2. The lowest BCUT2D eigenvalue weighted by atomic mass is 10.1. The summed E-state index contributed by atoms with van der Waals surface area (Å²) >= 11 is 0. The summed E-state index contributed by atoms with van der Waals surface area (Å²) in [6.07, 6.45) is 2.56. The zero-order valence-electron chi connectivity index (χ0n) is 18.2. The first-order valence-corrected chi connectivity index (χ1v) is 10.0. The zero-order chi connectivity index (χ0) is 24.0. The number of esters is 1. The molecule has 0 aliphatic carbocycles. The molecule has 5 N–H and O–H groups in total. The van der Waals surface area contributed by atoms with Crippen LogP contribution in [0.1, 0.15) is 28.9 Å². The number of anilines is 3. The summed E-state index contributed by atoms with van der Waals surface area (Å²) in [7, 11) is 3.08. The van der Waals surface area contributed by atoms with Crippen molar-refractivity contribution in [1.29, 1.82) is 0 Å². The van der Waals surface area contributed by atoms with Crippen molar-refractivity contribution in [3.63, 3.8) is 0 Å². The summed E-state index contributed by atoms with van der Waals surface area (Å²) in [5.41, 5.74) is 14.0. The van der Waals surface area contributed by atoms with Crippen LogP contribution in [0.5, 0.6) is 0 Å². The number of benzene rings is 1. The molecule has 0 spiro atoms. The molecule has 0 fully saturated rings. The Morgan fingerprint density at radius 2 is 1.91 bits per heavy atom. The van der Waals surface area contributed by atoms with E-state index in [0.717, 1.165) is 5.69 Å². The molecule has 1 amide bonds. The minimum atomic E-state index is -0.895. The summed E-state index contributed by atoms with van der Waals surface area (Å²) in [5, 5.41) is 2.60. The van der Waals surface area contributed by atoms with Gasteiger partial charge in [-0.15, -0.1) is 0 Å². The second-order valence-corrected chi connectivity index (χ2v) is 7.20. The molecule has 3 aromatic rings. The fraction of sp³-hybridized carbons (Fsp3) is 0.286. The first kappa shape index (κ1) is 23.3. The lowest BCUT2D eigenvalue weighted by Crippen LogP contribution is -2.41. The molecule has 0 saturated heterocycles. The van der Waals surface area contributed by atoms with E-state index in [-0.39, 0.29) is 24.6 Å². The minimum absolute atomic E-state index is 0.0324. The van der Waals surface area contributed by atoms with E-state index in [9.17, 15) is 14.4 Å². The van der Waals surface area contributed by atoms with Crippen LogP contribution in [0.2, 0.25) is 0 Å². The number of ether oxygens (including phenoxy) is 1. The van der Waals surface area contributed by atoms with Gasteiger partial charge in [-0.3, -0.25) is 4.79 Å². The molecule has 0 aliphatic heterocycles. The van der Waals surface area contributed by atoms with Crippen LogP contribution in [0.3, 0.4) is 0 Å². The molecule has 0 saturated carbocycles. The number of nitrogen functional groups attached to an aromatic ring is 2. The maximum absolute atomic E-state index is 12.5. The number of nitrogens with two attached hydrogens (primary N) is 2. The van der Waals surface area contributed by atoms with Crippen LogP contribution in [0.15, 0.2) is 30.5 Å². The number of fused-ring (bicyclic) bond motifs is 1. The molecule has 2 heterocycles. The van der Waals surface area contributed by atoms with E-state index in [4.69, 9.17) is 11.5 Å². The summed E-state index contributed by atoms with van der Waals surface area (Å²) < 4.78 is 4.68. The van der Waals surface area contributed by atoms with Gasteiger partial charge < -0.3 is 31.2 Å². The fourth-order valence-corrected chi connectivity index (χ4v) is 3.13. The van der Waals surface area contributed by atoms with Crippen LogP contribution in [-0.2, 0) is 20.9 Å². The van der Waals surface area contributed by atoms with Gasteiger partial charge in [-0.2, -0.15) is 9.97 Å². The van der Waals surface area contributed by atoms with Gasteiger partial charge in [-0.1, -0.05) is 0 Å². The normalized spacial score (nSPS) is 11.6. The third kappa shape index (κ3) is 5.67. The van der Waals surface area contributed by atoms with Crippen molar-refractivity contribution < 1.29 is 19.1 Å². The van der Waals surface area contributed by atoms with Crippen molar-refractivity contribution in [2.45, 2.75) is 25.4 Å². The summed E-state index contributed by atoms with van der Waals surface area (Å²) in [5.74, 6) is -0.861. The van der Waals surface area contributed by atoms with Crippen LogP contribution in [0.4, 0.5) is 17.5 Å². The van der Waals surface area contributed by atoms with Gasteiger partial charge in [0.25, 0.3) is 5.91 Å². The van der Waals surface area contributed by atoms with E-state index >= 15 is 0 Å². The van der Waals surface area contributed by atoms with Gasteiger partial charge in [0.15, 0.2) is 17.0 Å². The number of nitrogens with one attached hydrogen (secondary N) is 1. The SMILES string of the molecule is COC(=O)C(CCC=O)NC(=O)c1ccc(N(C)Cc2cnc3nc(N)nc(N)c3n2)cc1. The number of hydrogen-bond acceptors (Lipinski definition) is 11. The van der Waals surface area contributed by atoms with Gasteiger partial charge in [-0.05, 0) is 30.7 Å². The predicted molar refractivity (Wildman–Crippen MR) is 121 cm³/mol. The number of hydrogen-bond donors (Lipinski definition) is 3. The first-order chi connectivity index (χ1) is 15.8. The first-order valence-electron chi connectivity index (χ1n) is 10.0. The Hall–Kier alpha value is -4.35. The lowest BCUT2D eigenvalue weighted by molar-refractivity contribution is -0.143. The van der Waals surface area contributed by atoms with Crippen molar-refractivity contribution in [2.75, 3.05) is 30.5 Å². The second-order valence-electron chi connectivity index (χ2n) is 7.20. The highest BCUT2D eigenvalue weighted by molar-refractivity contribution is 5.97. The summed E-state index contributed by atoms with van der Waals surface area (Å²) in [6, 6.07) is 5.90. The van der Waals surface area contributed by atoms with Crippen molar-refractivity contribution in [1.82, 2.24) is 25.3 Å². The topological polar surface area (TPSA) is 179 Å². The Bertz CT molecular complexity index is 1170. The van der Waals surface area contributed by atoms with E-state index < -0.39 is 17.9 Å². The Labute approximate surface area is 189 Å². The predicted octanol–water partition coefficient (Wildman–Crippen LogP) is 0.471. The number of aldehydes is 1. The van der Waals surface area contributed by atoms with Crippen molar-refractivity contribution >= 4 is 46.8 Å². The maximum Gasteiger partial charge on any atom is 0.328 e. The molecular weight excluding hydrogens is 428 g/mol. The van der Waals surface area contributed by atoms with Crippen LogP contribution in [-0.4, -0.2) is 58.3 Å². The quantitative estimate of drug-likeness (QED) is 0.303. The number of methoxy groups -OCH3 is 1. The Kier molecular flexibility index (Phi) is 7.28. The number of amides is 1. The smallest absolute Gasteiger partial charge is 0.328 e. The third-order valence-electron chi connectivity index (χ3n) is 4.83. The average molecular weight is 452 g/mol. The van der Waals surface area contributed by atoms with Crippen molar-refractivity contribution in [3.05, 3.63) is 41.7 Å². The number of aromatic nitrogens is 4. The number of carbonyl (C=O) groups excluding carboxylic acids is 3. The van der Waals surface area contributed by atoms with Gasteiger partial charge >= 0.3 is 5.97 Å². The highest BCUT2D eigenvalue weighted by Gasteiger charge is 2.21. The number of nitrogens with zero attached hydrogens (tertiary/aromatic N) is 5. The van der Waals surface area contributed by atoms with E-state index in [1.165, 1.54) is 7.11 Å². The highest BCUT2D eigenvalue weighted by Crippen LogP contribution is 2.19. The van der Waals surface area contributed by atoms with Crippen LogP contribution < -0.4 is 21.7 Å². The number of carbonyl (C=O) groups is 3. The molecule has 0 bridgehead atoms. The Morgan fingerprint density at radius 1 is 1.18 bits per heavy atom. The van der Waals surface area contributed by atoms with E-state index in [2.05, 4.69) is 30.0 Å². The van der Waals surface area contributed by atoms with E-state index in [0.29, 0.717) is 35.3 Å². The molecule has 12 heteroatoms. The Balaban J connectivity index is 1.69. The van der Waals surface area contributed by atoms with Gasteiger partial charge in [0.1, 0.15) is 12.3 Å². The van der Waals surface area contributed by atoms with Gasteiger partial charge in [0, 0.05) is 24.7 Å². The maximum atomic E-state index is 12.5. The van der Waals surface area contributed by atoms with Gasteiger partial charge in [0.2, 0.25) is 5.95 Å². The molecule has 12 nitrogen and oxygen atoms in total. The molecule has 1 atom stereocenters. The van der Waals surface area contributed by atoms with Crippen molar-refractivity contribution in [3.8, 4) is 0 Å². The van der Waals surface area contributed by atoms with Crippen LogP contribution in [0, 0.1) is 0 Å². The van der Waals surface area contributed by atoms with Crippen molar-refractivity contribution in [2.24, 2.45) is 0 Å². The van der Waals surface area contributed by atoms with Crippen LogP contribution >= 0.6 is 0 Å². The molecule has 3 rings (SSSR count). The summed E-state index contributed by atoms with van der Waals surface area (Å²) in [6.45, 7) is 0.411.